The van der Waals surface area contributed by atoms with Gasteiger partial charge in [-0.15, -0.1) is 0 Å². The molecule has 0 saturated heterocycles. The molecule has 0 aliphatic rings. The van der Waals surface area contributed by atoms with E-state index in [2.05, 4.69) is 145 Å². The molecule has 9 heteroatoms. The number of aromatic nitrogens is 8. The van der Waals surface area contributed by atoms with Gasteiger partial charge in [-0.3, -0.25) is 4.98 Å². The van der Waals surface area contributed by atoms with Crippen LogP contribution >= 0.6 is 0 Å². The Morgan fingerprint density at radius 2 is 0.701 bits per heavy atom. The highest BCUT2D eigenvalue weighted by Crippen LogP contribution is 2.45. The van der Waals surface area contributed by atoms with Gasteiger partial charge in [0.2, 0.25) is 0 Å². The van der Waals surface area contributed by atoms with E-state index in [4.69, 9.17) is 39.3 Å². The molecule has 5 aromatic heterocycles. The van der Waals surface area contributed by atoms with Crippen LogP contribution in [0.25, 0.3) is 178 Å². The van der Waals surface area contributed by atoms with Crippen LogP contribution in [0, 0.1) is 0 Å². The predicted octanol–water partition coefficient (Wildman–Crippen LogP) is 19.5. The summed E-state index contributed by atoms with van der Waals surface area (Å²) >= 11 is 0. The smallest absolute Gasteiger partial charge is 0.164 e. The first-order valence-corrected chi connectivity index (χ1v) is 28.9. The molecule has 0 radical (unpaired) electrons. The van der Waals surface area contributed by atoms with Gasteiger partial charge in [-0.05, 0) is 138 Å². The number of rotatable bonds is 9. The van der Waals surface area contributed by atoms with Gasteiger partial charge in [-0.1, -0.05) is 200 Å². The molecular weight excluding hydrogens is 1060 g/mol. The van der Waals surface area contributed by atoms with Crippen molar-refractivity contribution in [3.05, 3.63) is 279 Å². The largest absolute Gasteiger partial charge is 0.454 e. The zero-order valence-corrected chi connectivity index (χ0v) is 46.5. The van der Waals surface area contributed by atoms with Gasteiger partial charge in [0.05, 0.1) is 5.52 Å². The Morgan fingerprint density at radius 3 is 1.30 bits per heavy atom. The van der Waals surface area contributed by atoms with E-state index in [0.29, 0.717) is 34.9 Å². The molecule has 0 unspecified atom stereocenters. The van der Waals surface area contributed by atoms with Crippen molar-refractivity contribution in [2.45, 2.75) is 0 Å². The molecule has 0 atom stereocenters. The molecule has 0 aliphatic carbocycles. The Kier molecular flexibility index (Phi) is 11.7. The van der Waals surface area contributed by atoms with Crippen molar-refractivity contribution in [2.75, 3.05) is 0 Å². The number of nitrogens with zero attached hydrogens (tertiary/aromatic N) is 8. The second kappa shape index (κ2) is 20.4. The molecule has 0 N–H and O–H groups in total. The summed E-state index contributed by atoms with van der Waals surface area (Å²) in [4.78, 5) is 40.4. The van der Waals surface area contributed by atoms with Gasteiger partial charge in [0, 0.05) is 62.1 Å². The third kappa shape index (κ3) is 8.80. The van der Waals surface area contributed by atoms with E-state index in [9.17, 15) is 0 Å². The molecule has 9 nitrogen and oxygen atoms in total. The van der Waals surface area contributed by atoms with Crippen molar-refractivity contribution in [1.82, 2.24) is 39.9 Å². The third-order valence-electron chi connectivity index (χ3n) is 16.6. The summed E-state index contributed by atoms with van der Waals surface area (Å²) in [5.41, 5.74) is 14.8. The molecule has 87 heavy (non-hydrogen) atoms. The zero-order valence-electron chi connectivity index (χ0n) is 46.5. The minimum atomic E-state index is 0.572. The normalized spacial score (nSPS) is 11.7. The first-order chi connectivity index (χ1) is 43.1. The van der Waals surface area contributed by atoms with E-state index in [1.54, 1.807) is 6.20 Å². The van der Waals surface area contributed by atoms with Crippen LogP contribution < -0.4 is 0 Å². The third-order valence-corrected chi connectivity index (χ3v) is 16.6. The van der Waals surface area contributed by atoms with E-state index in [1.807, 2.05) is 134 Å². The van der Waals surface area contributed by atoms with Gasteiger partial charge >= 0.3 is 0 Å². The lowest BCUT2D eigenvalue weighted by Gasteiger charge is -2.17. The Balaban J connectivity index is 0.762. The highest BCUT2D eigenvalue weighted by Gasteiger charge is 2.21. The van der Waals surface area contributed by atoms with Crippen LogP contribution in [-0.4, -0.2) is 39.9 Å². The summed E-state index contributed by atoms with van der Waals surface area (Å²) in [6.45, 7) is 0. The molecule has 5 heterocycles. The topological polar surface area (TPSA) is 116 Å². The summed E-state index contributed by atoms with van der Waals surface area (Å²) < 4.78 is 6.79. The summed E-state index contributed by atoms with van der Waals surface area (Å²) in [6.07, 6.45) is 3.68. The number of benzene rings is 12. The van der Waals surface area contributed by atoms with E-state index in [0.717, 1.165) is 127 Å². The van der Waals surface area contributed by atoms with Crippen LogP contribution in [-0.2, 0) is 0 Å². The number of fused-ring (bicyclic) bond motifs is 12. The molecule has 404 valence electrons. The molecule has 0 amide bonds. The monoisotopic (exact) mass is 1110 g/mol. The minimum Gasteiger partial charge on any atom is -0.454 e. The van der Waals surface area contributed by atoms with Gasteiger partial charge in [0.25, 0.3) is 0 Å². The Labute approximate surface area is 498 Å². The fourth-order valence-electron chi connectivity index (χ4n) is 12.4. The minimum absolute atomic E-state index is 0.572. The summed E-state index contributed by atoms with van der Waals surface area (Å²) in [5, 5.41) is 11.1. The second-order valence-electron chi connectivity index (χ2n) is 21.9. The predicted molar refractivity (Wildman–Crippen MR) is 353 cm³/mol. The average molecular weight is 1110 g/mol. The lowest BCUT2D eigenvalue weighted by atomic mass is 9.88. The van der Waals surface area contributed by atoms with Crippen molar-refractivity contribution >= 4 is 76.1 Å². The fraction of sp³-hybridized carbons (Fsp3) is 0. The van der Waals surface area contributed by atoms with Crippen LogP contribution in [0.3, 0.4) is 0 Å². The Bertz CT molecular complexity index is 5450. The molecule has 12 aromatic carbocycles. The second-order valence-corrected chi connectivity index (χ2v) is 21.9. The maximum Gasteiger partial charge on any atom is 0.164 e. The molecular formula is C78H46N8O. The summed E-state index contributed by atoms with van der Waals surface area (Å²) in [5.74, 6) is 3.66. The number of hydrogen-bond donors (Lipinski definition) is 0. The lowest BCUT2D eigenvalue weighted by molar-refractivity contribution is 0.669. The Hall–Kier alpha value is -11.9. The van der Waals surface area contributed by atoms with Crippen molar-refractivity contribution in [2.24, 2.45) is 0 Å². The molecule has 0 bridgehead atoms. The van der Waals surface area contributed by atoms with E-state index in [1.165, 1.54) is 16.2 Å². The van der Waals surface area contributed by atoms with Crippen molar-refractivity contribution in [3.63, 3.8) is 0 Å². The fourth-order valence-corrected chi connectivity index (χ4v) is 12.4. The van der Waals surface area contributed by atoms with Gasteiger partial charge in [0.1, 0.15) is 11.1 Å². The van der Waals surface area contributed by atoms with Crippen LogP contribution in [0.5, 0.6) is 0 Å². The molecule has 17 aromatic rings. The van der Waals surface area contributed by atoms with Crippen LogP contribution in [0.1, 0.15) is 0 Å². The molecule has 0 aliphatic heterocycles. The van der Waals surface area contributed by atoms with Gasteiger partial charge in [0.15, 0.2) is 40.5 Å². The maximum absolute atomic E-state index is 6.79. The Morgan fingerprint density at radius 1 is 0.241 bits per heavy atom. The van der Waals surface area contributed by atoms with Gasteiger partial charge < -0.3 is 4.42 Å². The molecule has 0 fully saturated rings. The first-order valence-electron chi connectivity index (χ1n) is 28.9. The maximum atomic E-state index is 6.79. The van der Waals surface area contributed by atoms with Gasteiger partial charge in [-0.25, -0.2) is 34.9 Å². The van der Waals surface area contributed by atoms with Crippen LogP contribution in [0.2, 0.25) is 0 Å². The number of furan rings is 1. The summed E-state index contributed by atoms with van der Waals surface area (Å²) in [7, 11) is 0. The highest BCUT2D eigenvalue weighted by atomic mass is 16.3. The zero-order chi connectivity index (χ0) is 57.4. The summed E-state index contributed by atoms with van der Waals surface area (Å²) in [6, 6.07) is 92.5. The highest BCUT2D eigenvalue weighted by molar-refractivity contribution is 6.33. The van der Waals surface area contributed by atoms with E-state index >= 15 is 0 Å². The standard InChI is InChI=1S/C78H46N8O/c1-5-18-47(19-6-1)73-81-74(48-20-7-2-8-21-48)84-77(83-73)58-40-55(39-56(41-58)54-26-17-37-79-46-54)51-33-36-68-57(38-51)44-70-72(80-68)64-35-32-53(43-69(64)87-70)52-31-34-63-65(42-52)59-27-13-14-28-60(59)66-45-67(61-29-15-16-30-62(61)71(63)66)78-85-75(49-22-9-3-10-23-49)82-76(86-78)50-24-11-4-12-25-50/h1-46H. The molecule has 0 spiro atoms. The van der Waals surface area contributed by atoms with E-state index in [-0.39, 0.29) is 0 Å². The average Bonchev–Trinajstić information content (AvgIpc) is 1.65. The molecule has 17 rings (SSSR count). The quantitative estimate of drug-likeness (QED) is 0.130. The SMILES string of the molecule is c1ccc(-c2nc(-c3ccccc3)nc(-c3cc(-c4cccnc4)cc(-c4ccc5nc6c(cc5c4)oc4cc(-c5ccc7c(c5)c5ccccc5c5cc(-c8nc(-c9ccccc9)nc(-c9ccccc9)n8)c8ccccc8c75)ccc46)c3)n2)cc1. The number of hydrogen-bond acceptors (Lipinski definition) is 9. The van der Waals surface area contributed by atoms with Gasteiger partial charge in [-0.2, -0.15) is 0 Å². The van der Waals surface area contributed by atoms with Crippen LogP contribution in [0.4, 0.5) is 0 Å². The molecule has 0 saturated carbocycles. The lowest BCUT2D eigenvalue weighted by Crippen LogP contribution is -2.01. The van der Waals surface area contributed by atoms with Crippen molar-refractivity contribution in [1.29, 1.82) is 0 Å². The van der Waals surface area contributed by atoms with Crippen molar-refractivity contribution in [3.8, 4) is 102 Å². The van der Waals surface area contributed by atoms with Crippen LogP contribution in [0.15, 0.2) is 284 Å². The van der Waals surface area contributed by atoms with E-state index < -0.39 is 0 Å². The number of pyridine rings is 2. The van der Waals surface area contributed by atoms with Crippen molar-refractivity contribution < 1.29 is 4.42 Å². The first kappa shape index (κ1) is 49.7.